The van der Waals surface area contributed by atoms with Crippen molar-refractivity contribution in [2.45, 2.75) is 0 Å². The lowest BCUT2D eigenvalue weighted by atomic mass is 10.2. The van der Waals surface area contributed by atoms with Gasteiger partial charge in [0.2, 0.25) is 0 Å². The number of hydrogen-bond acceptors (Lipinski definition) is 3. The van der Waals surface area contributed by atoms with Crippen molar-refractivity contribution < 1.29 is 4.74 Å². The van der Waals surface area contributed by atoms with E-state index in [0.29, 0.717) is 10.8 Å². The van der Waals surface area contributed by atoms with Crippen molar-refractivity contribution >= 4 is 22.5 Å². The Hall–Kier alpha value is -2.13. The Balaban J connectivity index is 1.95. The summed E-state index contributed by atoms with van der Waals surface area (Å²) >= 11 is 5.91. The summed E-state index contributed by atoms with van der Waals surface area (Å²) in [7, 11) is 0. The average Bonchev–Trinajstić information content (AvgIpc) is 2.39. The van der Waals surface area contributed by atoms with Crippen LogP contribution in [0.5, 0.6) is 11.5 Å². The quantitative estimate of drug-likeness (QED) is 0.693. The van der Waals surface area contributed by atoms with Gasteiger partial charge in [0.05, 0.1) is 5.52 Å². The van der Waals surface area contributed by atoms with Crippen LogP contribution < -0.4 is 4.74 Å². The molecule has 88 valence electrons. The maximum Gasteiger partial charge on any atom is 0.128 e. The van der Waals surface area contributed by atoms with Gasteiger partial charge in [-0.3, -0.25) is 0 Å². The molecule has 0 saturated heterocycles. The van der Waals surface area contributed by atoms with Gasteiger partial charge < -0.3 is 4.74 Å². The van der Waals surface area contributed by atoms with Crippen LogP contribution in [0.2, 0.25) is 5.02 Å². The number of ether oxygens (including phenoxy) is 1. The van der Waals surface area contributed by atoms with Crippen LogP contribution in [0.15, 0.2) is 55.0 Å². The van der Waals surface area contributed by atoms with E-state index in [9.17, 15) is 0 Å². The number of halogens is 1. The molecule has 0 saturated carbocycles. The minimum Gasteiger partial charge on any atom is -0.457 e. The van der Waals surface area contributed by atoms with Gasteiger partial charge >= 0.3 is 0 Å². The predicted molar refractivity (Wildman–Crippen MR) is 71.1 cm³/mol. The van der Waals surface area contributed by atoms with Crippen molar-refractivity contribution in [3.8, 4) is 11.5 Å². The Kier molecular flexibility index (Phi) is 2.82. The van der Waals surface area contributed by atoms with Gasteiger partial charge in [-0.25, -0.2) is 9.97 Å². The fourth-order valence-electron chi connectivity index (χ4n) is 1.69. The molecule has 0 aliphatic heterocycles. The Morgan fingerprint density at radius 2 is 1.89 bits per heavy atom. The second-order valence-electron chi connectivity index (χ2n) is 3.80. The van der Waals surface area contributed by atoms with Crippen molar-refractivity contribution in [1.29, 1.82) is 0 Å². The highest BCUT2D eigenvalue weighted by atomic mass is 35.5. The zero-order valence-electron chi connectivity index (χ0n) is 9.38. The molecule has 1 aromatic heterocycles. The van der Waals surface area contributed by atoms with Crippen LogP contribution in [0, 0.1) is 0 Å². The monoisotopic (exact) mass is 256 g/mol. The number of nitrogens with zero attached hydrogens (tertiary/aromatic N) is 2. The molecule has 0 bridgehead atoms. The molecule has 0 aliphatic carbocycles. The lowest BCUT2D eigenvalue weighted by Gasteiger charge is -2.06. The van der Waals surface area contributed by atoms with Crippen LogP contribution in [-0.2, 0) is 0 Å². The third kappa shape index (κ3) is 2.26. The summed E-state index contributed by atoms with van der Waals surface area (Å²) in [5.74, 6) is 1.44. The highest BCUT2D eigenvalue weighted by Crippen LogP contribution is 2.26. The normalized spacial score (nSPS) is 10.5. The van der Waals surface area contributed by atoms with Gasteiger partial charge in [0.1, 0.15) is 17.8 Å². The van der Waals surface area contributed by atoms with E-state index in [1.165, 1.54) is 6.33 Å². The lowest BCUT2D eigenvalue weighted by molar-refractivity contribution is 0.483. The fraction of sp³-hybridized carbons (Fsp3) is 0. The molecule has 4 heteroatoms. The maximum atomic E-state index is 5.91. The van der Waals surface area contributed by atoms with Gasteiger partial charge in [-0.05, 0) is 36.4 Å². The third-order valence-corrected chi connectivity index (χ3v) is 2.74. The van der Waals surface area contributed by atoms with E-state index in [4.69, 9.17) is 16.3 Å². The molecule has 2 aromatic carbocycles. The fourth-order valence-corrected chi connectivity index (χ4v) is 1.87. The molecule has 0 unspecified atom stereocenters. The molecule has 3 aromatic rings. The molecule has 0 aliphatic rings. The highest BCUT2D eigenvalue weighted by molar-refractivity contribution is 6.30. The summed E-state index contributed by atoms with van der Waals surface area (Å²) in [6.45, 7) is 0. The Morgan fingerprint density at radius 3 is 2.78 bits per heavy atom. The van der Waals surface area contributed by atoms with Crippen LogP contribution in [0.4, 0.5) is 0 Å². The van der Waals surface area contributed by atoms with E-state index in [1.807, 2.05) is 36.4 Å². The van der Waals surface area contributed by atoms with Crippen LogP contribution in [0.25, 0.3) is 10.9 Å². The van der Waals surface area contributed by atoms with Crippen molar-refractivity contribution in [3.63, 3.8) is 0 Å². The molecule has 18 heavy (non-hydrogen) atoms. The molecule has 1 heterocycles. The number of hydrogen-bond donors (Lipinski definition) is 0. The summed E-state index contributed by atoms with van der Waals surface area (Å²) < 4.78 is 5.73. The predicted octanol–water partition coefficient (Wildman–Crippen LogP) is 4.08. The summed E-state index contributed by atoms with van der Waals surface area (Å²) in [4.78, 5) is 8.14. The Bertz CT molecular complexity index is 700. The van der Waals surface area contributed by atoms with Gasteiger partial charge in [0, 0.05) is 16.6 Å². The van der Waals surface area contributed by atoms with Gasteiger partial charge in [0.15, 0.2) is 0 Å². The van der Waals surface area contributed by atoms with E-state index in [0.717, 1.165) is 16.7 Å². The Morgan fingerprint density at radius 1 is 1.00 bits per heavy atom. The molecular formula is C14H9ClN2O. The molecule has 0 N–H and O–H groups in total. The second kappa shape index (κ2) is 4.63. The summed E-state index contributed by atoms with van der Waals surface area (Å²) in [6.07, 6.45) is 3.28. The van der Waals surface area contributed by atoms with Crippen molar-refractivity contribution in [3.05, 3.63) is 60.0 Å². The molecule has 0 spiro atoms. The van der Waals surface area contributed by atoms with Crippen LogP contribution in [0.3, 0.4) is 0 Å². The van der Waals surface area contributed by atoms with E-state index in [2.05, 4.69) is 9.97 Å². The third-order valence-electron chi connectivity index (χ3n) is 2.51. The van der Waals surface area contributed by atoms with Crippen molar-refractivity contribution in [2.75, 3.05) is 0 Å². The van der Waals surface area contributed by atoms with Crippen LogP contribution >= 0.6 is 11.6 Å². The molecule has 0 amide bonds. The lowest BCUT2D eigenvalue weighted by Crippen LogP contribution is -1.86. The van der Waals surface area contributed by atoms with Gasteiger partial charge in [0.25, 0.3) is 0 Å². The smallest absolute Gasteiger partial charge is 0.128 e. The van der Waals surface area contributed by atoms with Gasteiger partial charge in [-0.2, -0.15) is 0 Å². The maximum absolute atomic E-state index is 5.91. The van der Waals surface area contributed by atoms with E-state index in [-0.39, 0.29) is 0 Å². The number of benzene rings is 2. The van der Waals surface area contributed by atoms with E-state index >= 15 is 0 Å². The summed E-state index contributed by atoms with van der Waals surface area (Å²) in [5.41, 5.74) is 0.892. The molecular weight excluding hydrogens is 248 g/mol. The molecule has 0 fully saturated rings. The first-order valence-electron chi connectivity index (χ1n) is 5.44. The standard InChI is InChI=1S/C14H9ClN2O/c15-11-2-1-3-12(7-11)18-13-4-5-14-10(6-13)8-16-9-17-14/h1-9H. The largest absolute Gasteiger partial charge is 0.457 e. The van der Waals surface area contributed by atoms with Gasteiger partial charge in [-0.15, -0.1) is 0 Å². The number of fused-ring (bicyclic) bond motifs is 1. The molecule has 3 rings (SSSR count). The highest BCUT2D eigenvalue weighted by Gasteiger charge is 2.00. The Labute approximate surface area is 109 Å². The number of rotatable bonds is 2. The summed E-state index contributed by atoms with van der Waals surface area (Å²) in [5, 5.41) is 1.59. The van der Waals surface area contributed by atoms with Crippen molar-refractivity contribution in [1.82, 2.24) is 9.97 Å². The zero-order valence-corrected chi connectivity index (χ0v) is 10.1. The molecule has 0 radical (unpaired) electrons. The van der Waals surface area contributed by atoms with Crippen molar-refractivity contribution in [2.24, 2.45) is 0 Å². The van der Waals surface area contributed by atoms with Crippen LogP contribution in [-0.4, -0.2) is 9.97 Å². The second-order valence-corrected chi connectivity index (χ2v) is 4.24. The van der Waals surface area contributed by atoms with E-state index < -0.39 is 0 Å². The van der Waals surface area contributed by atoms with E-state index in [1.54, 1.807) is 12.3 Å². The number of aromatic nitrogens is 2. The SMILES string of the molecule is Clc1cccc(Oc2ccc3ncncc3c2)c1. The minimum absolute atomic E-state index is 0.650. The minimum atomic E-state index is 0.650. The average molecular weight is 257 g/mol. The first kappa shape index (κ1) is 11.0. The first-order chi connectivity index (χ1) is 8.81. The zero-order chi connectivity index (χ0) is 12.4. The molecule has 0 atom stereocenters. The van der Waals surface area contributed by atoms with Crippen LogP contribution in [0.1, 0.15) is 0 Å². The molecule has 3 nitrogen and oxygen atoms in total. The summed E-state index contributed by atoms with van der Waals surface area (Å²) in [6, 6.07) is 13.0. The first-order valence-corrected chi connectivity index (χ1v) is 5.82. The van der Waals surface area contributed by atoms with Gasteiger partial charge in [-0.1, -0.05) is 17.7 Å². The topological polar surface area (TPSA) is 35.0 Å².